The number of esters is 1. The molecule has 2 aromatic carbocycles. The second-order valence-corrected chi connectivity index (χ2v) is 6.83. The van der Waals surface area contributed by atoms with Gasteiger partial charge in [-0.1, -0.05) is 42.5 Å². The average Bonchev–Trinajstić information content (AvgIpc) is 3.01. The van der Waals surface area contributed by atoms with Gasteiger partial charge in [0.2, 0.25) is 11.5 Å². The van der Waals surface area contributed by atoms with E-state index in [0.29, 0.717) is 5.75 Å². The number of ether oxygens (including phenoxy) is 2. The number of carbonyl (C=O) groups excluding carboxylic acids is 2. The number of para-hydroxylation sites is 1. The molecule has 1 aliphatic heterocycles. The van der Waals surface area contributed by atoms with E-state index in [4.69, 9.17) is 9.47 Å². The first-order chi connectivity index (χ1) is 13.4. The summed E-state index contributed by atoms with van der Waals surface area (Å²) >= 11 is 0. The van der Waals surface area contributed by atoms with Crippen molar-refractivity contribution in [3.05, 3.63) is 65.7 Å². The molecule has 28 heavy (non-hydrogen) atoms. The van der Waals surface area contributed by atoms with Crippen LogP contribution in [0.5, 0.6) is 5.75 Å². The predicted octanol–water partition coefficient (Wildman–Crippen LogP) is 1.47. The summed E-state index contributed by atoms with van der Waals surface area (Å²) in [5, 5.41) is 22.2. The normalized spacial score (nSPS) is 27.8. The summed E-state index contributed by atoms with van der Waals surface area (Å²) in [6.45, 7) is 1.51. The SMILES string of the molecule is CC1=N[C@]2(O)c3ccccc3C(=O)[C@@]2(O)C1C(=O)OCCOc1ccccc1. The first kappa shape index (κ1) is 18.3. The number of fused-ring (bicyclic) bond motifs is 3. The van der Waals surface area contributed by atoms with Crippen molar-refractivity contribution in [3.63, 3.8) is 0 Å². The third kappa shape index (κ3) is 2.47. The second-order valence-electron chi connectivity index (χ2n) is 6.83. The van der Waals surface area contributed by atoms with Gasteiger partial charge < -0.3 is 19.7 Å². The minimum absolute atomic E-state index is 0.0762. The highest BCUT2D eigenvalue weighted by molar-refractivity contribution is 6.18. The first-order valence-electron chi connectivity index (χ1n) is 8.89. The third-order valence-electron chi connectivity index (χ3n) is 5.17. The number of hydrogen-bond donors (Lipinski definition) is 2. The maximum Gasteiger partial charge on any atom is 0.318 e. The van der Waals surface area contributed by atoms with Gasteiger partial charge in [0, 0.05) is 16.8 Å². The number of nitrogens with zero attached hydrogens (tertiary/aromatic N) is 1. The van der Waals surface area contributed by atoms with Crippen LogP contribution in [0, 0.1) is 5.92 Å². The number of benzene rings is 2. The smallest absolute Gasteiger partial charge is 0.318 e. The van der Waals surface area contributed by atoms with Crippen molar-refractivity contribution in [2.75, 3.05) is 13.2 Å². The molecule has 0 saturated heterocycles. The van der Waals surface area contributed by atoms with Crippen molar-refractivity contribution >= 4 is 17.5 Å². The van der Waals surface area contributed by atoms with Crippen LogP contribution in [0.1, 0.15) is 22.8 Å². The lowest BCUT2D eigenvalue weighted by Crippen LogP contribution is -2.56. The first-order valence-corrected chi connectivity index (χ1v) is 8.89. The van der Waals surface area contributed by atoms with E-state index < -0.39 is 29.0 Å². The molecule has 4 rings (SSSR count). The molecule has 2 aromatic rings. The minimum atomic E-state index is -2.42. The Balaban J connectivity index is 1.50. The van der Waals surface area contributed by atoms with Crippen molar-refractivity contribution in [2.24, 2.45) is 10.9 Å². The van der Waals surface area contributed by atoms with E-state index in [1.807, 2.05) is 18.2 Å². The molecule has 1 unspecified atom stereocenters. The van der Waals surface area contributed by atoms with Crippen molar-refractivity contribution in [3.8, 4) is 5.75 Å². The molecule has 0 saturated carbocycles. The van der Waals surface area contributed by atoms with Gasteiger partial charge in [-0.15, -0.1) is 0 Å². The number of hydrogen-bond acceptors (Lipinski definition) is 7. The fourth-order valence-corrected chi connectivity index (χ4v) is 3.90. The molecule has 0 fully saturated rings. The number of rotatable bonds is 5. The lowest BCUT2D eigenvalue weighted by molar-refractivity contribution is -0.165. The molecule has 0 bridgehead atoms. The zero-order valence-corrected chi connectivity index (χ0v) is 15.2. The summed E-state index contributed by atoms with van der Waals surface area (Å²) in [4.78, 5) is 29.6. The molecule has 0 aromatic heterocycles. The monoisotopic (exact) mass is 381 g/mol. The fourth-order valence-electron chi connectivity index (χ4n) is 3.90. The number of Topliss-reactive ketones (excluding diaryl/α,β-unsaturated/α-hetero) is 1. The van der Waals surface area contributed by atoms with Crippen molar-refractivity contribution in [2.45, 2.75) is 18.2 Å². The fraction of sp³-hybridized carbons (Fsp3) is 0.286. The summed E-state index contributed by atoms with van der Waals surface area (Å²) < 4.78 is 10.7. The standard InChI is InChI=1S/C21H19NO6/c1-13-17(19(24)28-12-11-27-14-7-3-2-4-8-14)20(25)18(23)15-9-5-6-10-16(15)21(20,26)22-13/h2-10,17,25-26H,11-12H2,1H3/t17?,20-,21-/m0/s1. The molecule has 0 amide bonds. The Morgan fingerprint density at radius 2 is 1.75 bits per heavy atom. The van der Waals surface area contributed by atoms with Gasteiger partial charge in [-0.2, -0.15) is 0 Å². The van der Waals surface area contributed by atoms with Crippen LogP contribution >= 0.6 is 0 Å². The summed E-state index contributed by atoms with van der Waals surface area (Å²) in [6.07, 6.45) is 0. The molecule has 3 atom stereocenters. The number of carbonyl (C=O) groups is 2. The zero-order valence-electron chi connectivity index (χ0n) is 15.2. The highest BCUT2D eigenvalue weighted by Gasteiger charge is 2.72. The van der Waals surface area contributed by atoms with Crippen LogP contribution in [0.3, 0.4) is 0 Å². The van der Waals surface area contributed by atoms with Gasteiger partial charge in [-0.25, -0.2) is 0 Å². The lowest BCUT2D eigenvalue weighted by atomic mass is 9.79. The Labute approximate surface area is 161 Å². The topological polar surface area (TPSA) is 105 Å². The van der Waals surface area contributed by atoms with Crippen molar-refractivity contribution in [1.29, 1.82) is 0 Å². The summed E-state index contributed by atoms with van der Waals surface area (Å²) in [5.74, 6) is -2.34. The van der Waals surface area contributed by atoms with Crippen LogP contribution in [-0.4, -0.2) is 46.5 Å². The van der Waals surface area contributed by atoms with E-state index in [1.165, 1.54) is 19.1 Å². The van der Waals surface area contributed by atoms with Crippen LogP contribution < -0.4 is 4.74 Å². The quantitative estimate of drug-likeness (QED) is 0.600. The second kappa shape index (κ2) is 6.54. The molecule has 1 aliphatic carbocycles. The number of ketones is 1. The Bertz CT molecular complexity index is 972. The molecular weight excluding hydrogens is 362 g/mol. The van der Waals surface area contributed by atoms with Gasteiger partial charge in [0.1, 0.15) is 24.9 Å². The highest BCUT2D eigenvalue weighted by Crippen LogP contribution is 2.53. The Kier molecular flexibility index (Phi) is 4.28. The molecule has 144 valence electrons. The van der Waals surface area contributed by atoms with E-state index in [9.17, 15) is 19.8 Å². The van der Waals surface area contributed by atoms with Crippen LogP contribution in [-0.2, 0) is 15.3 Å². The maximum absolute atomic E-state index is 12.9. The number of aliphatic hydroxyl groups is 2. The van der Waals surface area contributed by atoms with Gasteiger partial charge in [0.15, 0.2) is 5.60 Å². The third-order valence-corrected chi connectivity index (χ3v) is 5.17. The molecule has 2 aliphatic rings. The molecule has 7 heteroatoms. The van der Waals surface area contributed by atoms with Gasteiger partial charge in [0.25, 0.3) is 0 Å². The van der Waals surface area contributed by atoms with Crippen LogP contribution in [0.25, 0.3) is 0 Å². The Morgan fingerprint density at radius 3 is 2.50 bits per heavy atom. The predicted molar refractivity (Wildman–Crippen MR) is 99.1 cm³/mol. The van der Waals surface area contributed by atoms with Crippen LogP contribution in [0.4, 0.5) is 0 Å². The molecule has 7 nitrogen and oxygen atoms in total. The van der Waals surface area contributed by atoms with Gasteiger partial charge in [0.05, 0.1) is 0 Å². The molecule has 1 heterocycles. The average molecular weight is 381 g/mol. The zero-order chi connectivity index (χ0) is 19.9. The summed E-state index contributed by atoms with van der Waals surface area (Å²) in [7, 11) is 0. The lowest BCUT2D eigenvalue weighted by Gasteiger charge is -2.31. The maximum atomic E-state index is 12.9. The van der Waals surface area contributed by atoms with E-state index >= 15 is 0 Å². The van der Waals surface area contributed by atoms with E-state index in [2.05, 4.69) is 4.99 Å². The molecule has 2 N–H and O–H groups in total. The summed E-state index contributed by atoms with van der Waals surface area (Å²) in [5.41, 5.74) is -4.15. The van der Waals surface area contributed by atoms with Crippen molar-refractivity contribution in [1.82, 2.24) is 0 Å². The molecular formula is C21H19NO6. The van der Waals surface area contributed by atoms with E-state index in [1.54, 1.807) is 24.3 Å². The van der Waals surface area contributed by atoms with Gasteiger partial charge in [-0.3, -0.25) is 14.6 Å². The van der Waals surface area contributed by atoms with E-state index in [-0.39, 0.29) is 30.1 Å². The molecule has 0 radical (unpaired) electrons. The largest absolute Gasteiger partial charge is 0.490 e. The number of aliphatic imine (C=N–C) groups is 1. The van der Waals surface area contributed by atoms with Crippen LogP contribution in [0.2, 0.25) is 0 Å². The Hall–Kier alpha value is -3.03. The summed E-state index contributed by atoms with van der Waals surface area (Å²) in [6, 6.07) is 15.3. The molecule has 0 spiro atoms. The highest BCUT2D eigenvalue weighted by atomic mass is 16.6. The van der Waals surface area contributed by atoms with Crippen molar-refractivity contribution < 1.29 is 29.3 Å². The minimum Gasteiger partial charge on any atom is -0.490 e. The van der Waals surface area contributed by atoms with Gasteiger partial charge in [-0.05, 0) is 19.1 Å². The Morgan fingerprint density at radius 1 is 1.07 bits per heavy atom. The van der Waals surface area contributed by atoms with Gasteiger partial charge >= 0.3 is 5.97 Å². The van der Waals surface area contributed by atoms with Crippen LogP contribution in [0.15, 0.2) is 59.6 Å². The van der Waals surface area contributed by atoms with E-state index in [0.717, 1.165) is 0 Å².